The van der Waals surface area contributed by atoms with Gasteiger partial charge in [0.1, 0.15) is 16.5 Å². The van der Waals surface area contributed by atoms with Crippen molar-refractivity contribution in [1.82, 2.24) is 0 Å². The Morgan fingerprint density at radius 2 is 1.14 bits per heavy atom. The minimum atomic E-state index is -2.23. The SMILES string of the molecule is N#CN=C1C(F)=C(Cl)C(=NC#N)c2c(F)c(F)c(F)c(F)c21. The number of hydrogen-bond acceptors (Lipinski definition) is 4. The Morgan fingerprint density at radius 1 is 0.727 bits per heavy atom. The third kappa shape index (κ3) is 2.03. The van der Waals surface area contributed by atoms with Crippen LogP contribution in [-0.4, -0.2) is 11.4 Å². The number of rotatable bonds is 0. The molecule has 0 aliphatic heterocycles. The molecule has 0 fully saturated rings. The fourth-order valence-corrected chi connectivity index (χ4v) is 2.04. The number of aliphatic imine (C=N–C) groups is 2. The summed E-state index contributed by atoms with van der Waals surface area (Å²) in [5.41, 5.74) is -4.36. The van der Waals surface area contributed by atoms with E-state index in [1.165, 1.54) is 0 Å². The molecule has 0 saturated carbocycles. The molecule has 4 nitrogen and oxygen atoms in total. The zero-order chi connectivity index (χ0) is 16.6. The molecule has 0 unspecified atom stereocenters. The minimum Gasteiger partial charge on any atom is -0.203 e. The van der Waals surface area contributed by atoms with Gasteiger partial charge in [0.25, 0.3) is 0 Å². The molecule has 1 aliphatic rings. The van der Waals surface area contributed by atoms with Gasteiger partial charge in [0, 0.05) is 0 Å². The van der Waals surface area contributed by atoms with Gasteiger partial charge in [0.2, 0.25) is 12.4 Å². The molecule has 1 aliphatic carbocycles. The van der Waals surface area contributed by atoms with Gasteiger partial charge in [0.15, 0.2) is 29.1 Å². The van der Waals surface area contributed by atoms with Crippen molar-refractivity contribution in [3.8, 4) is 12.4 Å². The van der Waals surface area contributed by atoms with Gasteiger partial charge in [-0.1, -0.05) is 11.6 Å². The number of allylic oxidation sites excluding steroid dienone is 2. The van der Waals surface area contributed by atoms with Crippen molar-refractivity contribution < 1.29 is 22.0 Å². The summed E-state index contributed by atoms with van der Waals surface area (Å²) in [4.78, 5) is 5.88. The molecule has 1 aromatic rings. The first-order valence-corrected chi connectivity index (χ1v) is 5.60. The first-order valence-electron chi connectivity index (χ1n) is 5.23. The summed E-state index contributed by atoms with van der Waals surface area (Å²) in [7, 11) is 0. The molecule has 10 heteroatoms. The summed E-state index contributed by atoms with van der Waals surface area (Å²) >= 11 is 5.51. The van der Waals surface area contributed by atoms with Crippen LogP contribution in [0.25, 0.3) is 0 Å². The van der Waals surface area contributed by atoms with Crippen molar-refractivity contribution in [2.75, 3.05) is 0 Å². The van der Waals surface area contributed by atoms with Crippen LogP contribution in [0.3, 0.4) is 0 Å². The standard InChI is InChI=1S/C12ClF5N4/c13-5-8(16)12(22-2-20)4-3(11(5)21-1-19)6(14)9(17)10(18)7(4)15. The highest BCUT2D eigenvalue weighted by atomic mass is 35.5. The molecule has 0 saturated heterocycles. The van der Waals surface area contributed by atoms with Crippen LogP contribution in [0.5, 0.6) is 0 Å². The van der Waals surface area contributed by atoms with Crippen LogP contribution in [0, 0.1) is 46.2 Å². The molecule has 0 bridgehead atoms. The molecule has 0 heterocycles. The molecule has 110 valence electrons. The Morgan fingerprint density at radius 3 is 1.59 bits per heavy atom. The van der Waals surface area contributed by atoms with Crippen molar-refractivity contribution in [3.63, 3.8) is 0 Å². The molecule has 0 aromatic heterocycles. The van der Waals surface area contributed by atoms with E-state index in [1.54, 1.807) is 0 Å². The highest BCUT2D eigenvalue weighted by Crippen LogP contribution is 2.35. The number of nitriles is 2. The fourth-order valence-electron chi connectivity index (χ4n) is 1.81. The topological polar surface area (TPSA) is 72.3 Å². The Bertz CT molecular complexity index is 802. The zero-order valence-electron chi connectivity index (χ0n) is 10.1. The second-order valence-electron chi connectivity index (χ2n) is 3.75. The highest BCUT2D eigenvalue weighted by molar-refractivity contribution is 6.51. The van der Waals surface area contributed by atoms with Gasteiger partial charge < -0.3 is 0 Å². The lowest BCUT2D eigenvalue weighted by Crippen LogP contribution is -2.25. The average Bonchev–Trinajstić information content (AvgIpc) is 2.50. The van der Waals surface area contributed by atoms with Crippen molar-refractivity contribution in [2.24, 2.45) is 9.98 Å². The van der Waals surface area contributed by atoms with E-state index in [4.69, 9.17) is 22.1 Å². The molecule has 0 atom stereocenters. The normalized spacial score (nSPS) is 17.5. The van der Waals surface area contributed by atoms with Gasteiger partial charge in [-0.25, -0.2) is 22.0 Å². The van der Waals surface area contributed by atoms with E-state index >= 15 is 0 Å². The van der Waals surface area contributed by atoms with E-state index < -0.39 is 56.7 Å². The lowest BCUT2D eigenvalue weighted by molar-refractivity contribution is 0.407. The summed E-state index contributed by atoms with van der Waals surface area (Å²) in [5, 5.41) is 16.0. The summed E-state index contributed by atoms with van der Waals surface area (Å²) in [6.45, 7) is 0. The molecule has 22 heavy (non-hydrogen) atoms. The van der Waals surface area contributed by atoms with E-state index in [-0.39, 0.29) is 0 Å². The molecule has 1 aromatic carbocycles. The monoisotopic (exact) mass is 330 g/mol. The van der Waals surface area contributed by atoms with E-state index in [9.17, 15) is 22.0 Å². The van der Waals surface area contributed by atoms with Crippen molar-refractivity contribution in [1.29, 1.82) is 10.5 Å². The third-order valence-corrected chi connectivity index (χ3v) is 3.02. The number of benzene rings is 1. The molecule has 2 rings (SSSR count). The molecular weight excluding hydrogens is 331 g/mol. The Hall–Kier alpha value is -2.78. The summed E-state index contributed by atoms with van der Waals surface area (Å²) < 4.78 is 68.4. The molecule has 0 amide bonds. The lowest BCUT2D eigenvalue weighted by atomic mass is 9.91. The van der Waals surface area contributed by atoms with Crippen molar-refractivity contribution in [3.05, 3.63) is 45.3 Å². The summed E-state index contributed by atoms with van der Waals surface area (Å²) in [6, 6.07) is 0. The van der Waals surface area contributed by atoms with Crippen LogP contribution in [0.15, 0.2) is 20.8 Å². The zero-order valence-corrected chi connectivity index (χ0v) is 10.8. The quantitative estimate of drug-likeness (QED) is 0.317. The first kappa shape index (κ1) is 15.6. The predicted molar refractivity (Wildman–Crippen MR) is 64.6 cm³/mol. The van der Waals surface area contributed by atoms with Crippen molar-refractivity contribution >= 4 is 23.0 Å². The highest BCUT2D eigenvalue weighted by Gasteiger charge is 2.38. The van der Waals surface area contributed by atoms with E-state index in [2.05, 4.69) is 9.98 Å². The van der Waals surface area contributed by atoms with Gasteiger partial charge in [-0.05, 0) is 0 Å². The maximum atomic E-state index is 14.0. The summed E-state index contributed by atoms with van der Waals surface area (Å²) in [6.07, 6.45) is 2.25. The van der Waals surface area contributed by atoms with Crippen LogP contribution in [-0.2, 0) is 0 Å². The molecular formula is C12ClF5N4. The second kappa shape index (κ2) is 5.54. The van der Waals surface area contributed by atoms with E-state index in [1.807, 2.05) is 0 Å². The maximum Gasteiger partial charge on any atom is 0.206 e. The smallest absolute Gasteiger partial charge is 0.203 e. The maximum absolute atomic E-state index is 14.0. The Kier molecular flexibility index (Phi) is 3.93. The van der Waals surface area contributed by atoms with Crippen molar-refractivity contribution in [2.45, 2.75) is 0 Å². The van der Waals surface area contributed by atoms with Gasteiger partial charge >= 0.3 is 0 Å². The Balaban J connectivity index is 3.09. The average molecular weight is 331 g/mol. The molecule has 0 radical (unpaired) electrons. The first-order chi connectivity index (χ1) is 10.4. The molecule has 0 N–H and O–H groups in total. The van der Waals surface area contributed by atoms with Gasteiger partial charge in [-0.2, -0.15) is 20.5 Å². The number of fused-ring (bicyclic) bond motifs is 1. The number of nitrogens with zero attached hydrogens (tertiary/aromatic N) is 4. The summed E-state index contributed by atoms with van der Waals surface area (Å²) in [5.74, 6) is -9.91. The van der Waals surface area contributed by atoms with E-state index in [0.29, 0.717) is 0 Å². The van der Waals surface area contributed by atoms with Crippen LogP contribution in [0.2, 0.25) is 0 Å². The Labute approximate surface area is 124 Å². The van der Waals surface area contributed by atoms with Crippen LogP contribution in [0.1, 0.15) is 11.1 Å². The van der Waals surface area contributed by atoms with Crippen LogP contribution < -0.4 is 0 Å². The number of hydrogen-bond donors (Lipinski definition) is 0. The van der Waals surface area contributed by atoms with Gasteiger partial charge in [-0.3, -0.25) is 0 Å². The van der Waals surface area contributed by atoms with Gasteiger partial charge in [-0.15, -0.1) is 0 Å². The van der Waals surface area contributed by atoms with Crippen LogP contribution >= 0.6 is 11.6 Å². The van der Waals surface area contributed by atoms with Crippen LogP contribution in [0.4, 0.5) is 22.0 Å². The second-order valence-corrected chi connectivity index (χ2v) is 4.13. The fraction of sp³-hybridized carbons (Fsp3) is 0. The van der Waals surface area contributed by atoms with E-state index in [0.717, 1.165) is 12.4 Å². The third-order valence-electron chi connectivity index (χ3n) is 2.67. The lowest BCUT2D eigenvalue weighted by Gasteiger charge is -2.19. The minimum absolute atomic E-state index is 0.941. The number of halogens is 6. The predicted octanol–water partition coefficient (Wildman–Crippen LogP) is 3.22. The molecule has 0 spiro atoms. The van der Waals surface area contributed by atoms with Gasteiger partial charge in [0.05, 0.1) is 11.1 Å². The largest absolute Gasteiger partial charge is 0.206 e.